The molecule has 1 fully saturated rings. The summed E-state index contributed by atoms with van der Waals surface area (Å²) in [5, 5.41) is 3.08. The lowest BCUT2D eigenvalue weighted by Gasteiger charge is -2.33. The van der Waals surface area contributed by atoms with Crippen molar-refractivity contribution >= 4 is 11.7 Å². The fourth-order valence-corrected chi connectivity index (χ4v) is 3.56. The van der Waals surface area contributed by atoms with Crippen LogP contribution in [0.25, 0.3) is 0 Å². The molecule has 3 rings (SSSR count). The van der Waals surface area contributed by atoms with Crippen molar-refractivity contribution in [3.63, 3.8) is 0 Å². The maximum absolute atomic E-state index is 13.3. The highest BCUT2D eigenvalue weighted by Crippen LogP contribution is 2.23. The molecule has 2 aromatic rings. The second-order valence-corrected chi connectivity index (χ2v) is 6.78. The lowest BCUT2D eigenvalue weighted by atomic mass is 9.92. The van der Waals surface area contributed by atoms with Crippen LogP contribution < -0.4 is 5.32 Å². The molecular weight excluding hydrogens is 331 g/mol. The van der Waals surface area contributed by atoms with Crippen LogP contribution >= 0.6 is 0 Å². The highest BCUT2D eigenvalue weighted by atomic mass is 19.1. The molecule has 0 radical (unpaired) electrons. The van der Waals surface area contributed by atoms with Gasteiger partial charge in [-0.15, -0.1) is 0 Å². The molecule has 1 N–H and O–H groups in total. The fraction of sp³-hybridized carbons (Fsp3) is 0.450. The van der Waals surface area contributed by atoms with E-state index in [9.17, 15) is 9.18 Å². The zero-order valence-corrected chi connectivity index (χ0v) is 15.1. The Morgan fingerprint density at radius 2 is 2.19 bits per heavy atom. The predicted molar refractivity (Wildman–Crippen MR) is 99.3 cm³/mol. The van der Waals surface area contributed by atoms with Crippen LogP contribution in [0.15, 0.2) is 36.7 Å². The van der Waals surface area contributed by atoms with Gasteiger partial charge in [0.05, 0.1) is 5.69 Å². The van der Waals surface area contributed by atoms with E-state index in [1.54, 1.807) is 18.5 Å². The Kier molecular flexibility index (Phi) is 6.15. The van der Waals surface area contributed by atoms with E-state index in [0.717, 1.165) is 49.4 Å². The van der Waals surface area contributed by atoms with E-state index in [-0.39, 0.29) is 11.7 Å². The summed E-state index contributed by atoms with van der Waals surface area (Å²) in [6.07, 6.45) is 7.30. The Balaban J connectivity index is 1.55. The first kappa shape index (κ1) is 18.3. The van der Waals surface area contributed by atoms with Crippen LogP contribution in [0.1, 0.15) is 30.5 Å². The van der Waals surface area contributed by atoms with Gasteiger partial charge in [0.25, 0.3) is 0 Å². The van der Waals surface area contributed by atoms with E-state index in [4.69, 9.17) is 0 Å². The summed E-state index contributed by atoms with van der Waals surface area (Å²) >= 11 is 0. The minimum atomic E-state index is -0.253. The smallest absolute Gasteiger partial charge is 0.222 e. The van der Waals surface area contributed by atoms with E-state index in [0.29, 0.717) is 18.8 Å². The molecule has 1 aromatic carbocycles. The van der Waals surface area contributed by atoms with Gasteiger partial charge in [-0.25, -0.2) is 9.37 Å². The van der Waals surface area contributed by atoms with Gasteiger partial charge in [-0.05, 0) is 49.3 Å². The zero-order valence-electron chi connectivity index (χ0n) is 15.1. The van der Waals surface area contributed by atoms with Gasteiger partial charge in [-0.3, -0.25) is 9.78 Å². The Morgan fingerprint density at radius 3 is 3.00 bits per heavy atom. The van der Waals surface area contributed by atoms with Crippen LogP contribution in [0.4, 0.5) is 10.2 Å². The molecule has 5 nitrogen and oxygen atoms in total. The normalized spacial score (nSPS) is 17.2. The molecule has 1 aliphatic heterocycles. The van der Waals surface area contributed by atoms with E-state index in [1.807, 2.05) is 18.0 Å². The monoisotopic (exact) mass is 356 g/mol. The maximum atomic E-state index is 13.3. The molecule has 0 saturated carbocycles. The van der Waals surface area contributed by atoms with Crippen LogP contribution in [-0.4, -0.2) is 40.9 Å². The van der Waals surface area contributed by atoms with Gasteiger partial charge in [0.2, 0.25) is 5.91 Å². The summed E-state index contributed by atoms with van der Waals surface area (Å²) in [6, 6.07) is 6.47. The van der Waals surface area contributed by atoms with Crippen molar-refractivity contribution in [3.8, 4) is 0 Å². The van der Waals surface area contributed by atoms with Gasteiger partial charge in [0, 0.05) is 39.0 Å². The first-order valence-corrected chi connectivity index (χ1v) is 9.15. The van der Waals surface area contributed by atoms with Crippen LogP contribution in [-0.2, 0) is 17.6 Å². The maximum Gasteiger partial charge on any atom is 0.222 e. The molecule has 1 aromatic heterocycles. The van der Waals surface area contributed by atoms with Crippen molar-refractivity contribution in [1.82, 2.24) is 14.9 Å². The molecule has 0 spiro atoms. The molecule has 1 amide bonds. The number of carbonyl (C=O) groups excluding carboxylic acids is 1. The molecule has 1 saturated heterocycles. The van der Waals surface area contributed by atoms with Crippen LogP contribution in [0.5, 0.6) is 0 Å². The van der Waals surface area contributed by atoms with Crippen molar-refractivity contribution in [3.05, 3.63) is 53.7 Å². The van der Waals surface area contributed by atoms with E-state index < -0.39 is 0 Å². The number of hydrogen-bond acceptors (Lipinski definition) is 4. The average molecular weight is 356 g/mol. The highest BCUT2D eigenvalue weighted by Gasteiger charge is 2.24. The standard InChI is InChI=1S/C20H25FN4O/c1-22-20-18(23-9-10-24-20)13-16-5-3-11-25(14-16)19(26)8-7-15-4-2-6-17(21)12-15/h2,4,6,9-10,12,16H,3,5,7-8,11,13-14H2,1H3,(H,22,24)/t16-/m1/s1. The number of aryl methyl sites for hydroxylation is 1. The molecular formula is C20H25FN4O. The van der Waals surface area contributed by atoms with Crippen molar-refractivity contribution < 1.29 is 9.18 Å². The van der Waals surface area contributed by atoms with Gasteiger partial charge in [-0.2, -0.15) is 0 Å². The summed E-state index contributed by atoms with van der Waals surface area (Å²) in [4.78, 5) is 23.3. The Bertz CT molecular complexity index is 752. The van der Waals surface area contributed by atoms with Gasteiger partial charge >= 0.3 is 0 Å². The van der Waals surface area contributed by atoms with Gasteiger partial charge < -0.3 is 10.2 Å². The van der Waals surface area contributed by atoms with Crippen molar-refractivity contribution in [2.75, 3.05) is 25.5 Å². The number of nitrogens with one attached hydrogen (secondary N) is 1. The summed E-state index contributed by atoms with van der Waals surface area (Å²) < 4.78 is 13.3. The predicted octanol–water partition coefficient (Wildman–Crippen LogP) is 3.07. The number of aromatic nitrogens is 2. The Labute approximate surface area is 153 Å². The molecule has 2 heterocycles. The molecule has 0 aliphatic carbocycles. The van der Waals surface area contributed by atoms with Crippen molar-refractivity contribution in [2.45, 2.75) is 32.1 Å². The topological polar surface area (TPSA) is 58.1 Å². The number of hydrogen-bond donors (Lipinski definition) is 1. The third kappa shape index (κ3) is 4.77. The molecule has 1 atom stereocenters. The quantitative estimate of drug-likeness (QED) is 0.864. The lowest BCUT2D eigenvalue weighted by molar-refractivity contribution is -0.133. The lowest BCUT2D eigenvalue weighted by Crippen LogP contribution is -2.40. The van der Waals surface area contributed by atoms with E-state index in [2.05, 4.69) is 15.3 Å². The Morgan fingerprint density at radius 1 is 1.35 bits per heavy atom. The van der Waals surface area contributed by atoms with Gasteiger partial charge in [-0.1, -0.05) is 12.1 Å². The summed E-state index contributed by atoms with van der Waals surface area (Å²) in [7, 11) is 1.84. The number of anilines is 1. The molecule has 26 heavy (non-hydrogen) atoms. The SMILES string of the molecule is CNc1nccnc1C[C@H]1CCCN(C(=O)CCc2cccc(F)c2)C1. The number of rotatable bonds is 6. The average Bonchev–Trinajstić information content (AvgIpc) is 2.67. The third-order valence-electron chi connectivity index (χ3n) is 4.88. The van der Waals surface area contributed by atoms with Gasteiger partial charge in [0.15, 0.2) is 0 Å². The number of benzene rings is 1. The number of piperidine rings is 1. The second kappa shape index (κ2) is 8.74. The summed E-state index contributed by atoms with van der Waals surface area (Å²) in [6.45, 7) is 1.56. The van der Waals surface area contributed by atoms with Crippen molar-refractivity contribution in [2.24, 2.45) is 5.92 Å². The van der Waals surface area contributed by atoms with Crippen molar-refractivity contribution in [1.29, 1.82) is 0 Å². The summed E-state index contributed by atoms with van der Waals surface area (Å²) in [5.74, 6) is 1.09. The number of nitrogens with zero attached hydrogens (tertiary/aromatic N) is 3. The molecule has 138 valence electrons. The van der Waals surface area contributed by atoms with E-state index in [1.165, 1.54) is 12.1 Å². The minimum absolute atomic E-state index is 0.145. The summed E-state index contributed by atoms with van der Waals surface area (Å²) in [5.41, 5.74) is 1.82. The number of halogens is 1. The zero-order chi connectivity index (χ0) is 18.4. The first-order valence-electron chi connectivity index (χ1n) is 9.15. The Hall–Kier alpha value is -2.50. The first-order chi connectivity index (χ1) is 12.7. The largest absolute Gasteiger partial charge is 0.372 e. The molecule has 0 unspecified atom stereocenters. The third-order valence-corrected chi connectivity index (χ3v) is 4.88. The minimum Gasteiger partial charge on any atom is -0.372 e. The highest BCUT2D eigenvalue weighted by molar-refractivity contribution is 5.76. The van der Waals surface area contributed by atoms with Gasteiger partial charge in [0.1, 0.15) is 11.6 Å². The van der Waals surface area contributed by atoms with Crippen LogP contribution in [0.3, 0.4) is 0 Å². The van der Waals surface area contributed by atoms with E-state index >= 15 is 0 Å². The molecule has 0 bridgehead atoms. The number of likely N-dealkylation sites (tertiary alicyclic amines) is 1. The van der Waals surface area contributed by atoms with Crippen LogP contribution in [0, 0.1) is 11.7 Å². The van der Waals surface area contributed by atoms with Crippen LogP contribution in [0.2, 0.25) is 0 Å². The molecule has 6 heteroatoms. The number of amides is 1. The number of carbonyl (C=O) groups is 1. The second-order valence-electron chi connectivity index (χ2n) is 6.78. The fourth-order valence-electron chi connectivity index (χ4n) is 3.56. The molecule has 1 aliphatic rings.